The smallest absolute Gasteiger partial charge is 0.315 e. The Morgan fingerprint density at radius 3 is 2.15 bits per heavy atom. The fraction of sp³-hybridized carbons (Fsp3) is 0.538. The molecule has 16 heteroatoms. The third-order valence-electron chi connectivity index (χ3n) is 9.01. The Balaban J connectivity index is 0.925. The minimum atomic E-state index is -1.000. The summed E-state index contributed by atoms with van der Waals surface area (Å²) >= 11 is 1.90. The third kappa shape index (κ3) is 15.4. The van der Waals surface area contributed by atoms with Crippen LogP contribution < -0.4 is 21.3 Å². The summed E-state index contributed by atoms with van der Waals surface area (Å²) in [5, 5.41) is 11.6. The molecule has 55 heavy (non-hydrogen) atoms. The Labute approximate surface area is 324 Å². The highest BCUT2D eigenvalue weighted by Crippen LogP contribution is 2.33. The monoisotopic (exact) mass is 786 g/mol. The van der Waals surface area contributed by atoms with E-state index < -0.39 is 35.6 Å². The van der Waals surface area contributed by atoms with Crippen LogP contribution in [0.3, 0.4) is 0 Å². The zero-order chi connectivity index (χ0) is 39.4. The molecule has 300 valence electrons. The van der Waals surface area contributed by atoms with Crippen molar-refractivity contribution in [1.82, 2.24) is 16.0 Å². The molecule has 0 unspecified atom stereocenters. The minimum Gasteiger partial charge on any atom is -0.379 e. The number of unbranched alkanes of at least 4 members (excludes halogenated alkanes) is 1. The van der Waals surface area contributed by atoms with Gasteiger partial charge in [-0.1, -0.05) is 12.5 Å². The van der Waals surface area contributed by atoms with Gasteiger partial charge in [-0.05, 0) is 68.1 Å². The summed E-state index contributed by atoms with van der Waals surface area (Å²) in [6.45, 7) is 5.04. The van der Waals surface area contributed by atoms with Gasteiger partial charge in [0.2, 0.25) is 5.78 Å². The lowest BCUT2D eigenvalue weighted by Gasteiger charge is -2.16. The maximum absolute atomic E-state index is 13.1. The van der Waals surface area contributed by atoms with Gasteiger partial charge in [-0.15, -0.1) is 0 Å². The molecular formula is C39H51FN4O10S. The standard InChI is InChI=1S/C39H51FN4O10S/c1-26-8-9-28(23-31(26)42-38(49)34(47)24-33(46)27-10-12-29(40)13-11-27)37(48)41-14-16-52-18-20-54-22-21-53-19-17-51-15-4-6-30(45)5-2-3-7-35-36-32(25-55-35)43-39(50)44-36/h8-13,23,32,35-36H,2-7,14-22,24-25H2,1H3,(H,41,48)(H,42,49)(H2,43,44,50)/t32-,35-,36-/m0/s1. The molecule has 2 aliphatic rings. The van der Waals surface area contributed by atoms with Crippen LogP contribution in [0.2, 0.25) is 0 Å². The van der Waals surface area contributed by atoms with Crippen LogP contribution in [0, 0.1) is 12.7 Å². The number of amides is 4. The first-order valence-corrected chi connectivity index (χ1v) is 19.7. The highest BCUT2D eigenvalue weighted by molar-refractivity contribution is 8.00. The summed E-state index contributed by atoms with van der Waals surface area (Å²) in [5.41, 5.74) is 1.24. The number of urea groups is 1. The number of hydrogen-bond donors (Lipinski definition) is 4. The molecule has 2 aromatic rings. The quantitative estimate of drug-likeness (QED) is 0.0340. The third-order valence-corrected chi connectivity index (χ3v) is 10.5. The molecule has 2 saturated heterocycles. The Bertz CT molecular complexity index is 1610. The largest absolute Gasteiger partial charge is 0.379 e. The summed E-state index contributed by atoms with van der Waals surface area (Å²) < 4.78 is 35.1. The molecule has 0 aromatic heterocycles. The molecule has 2 aliphatic heterocycles. The summed E-state index contributed by atoms with van der Waals surface area (Å²) in [7, 11) is 0. The van der Waals surface area contributed by atoms with Crippen LogP contribution in [0.5, 0.6) is 0 Å². The molecule has 2 aromatic carbocycles. The molecule has 2 fully saturated rings. The van der Waals surface area contributed by atoms with Crippen LogP contribution in [0.25, 0.3) is 0 Å². The molecule has 0 bridgehead atoms. The number of Topliss-reactive ketones (excluding diaryl/α,β-unsaturated/α-hetero) is 3. The van der Waals surface area contributed by atoms with Gasteiger partial charge in [0, 0.05) is 53.8 Å². The lowest BCUT2D eigenvalue weighted by molar-refractivity contribution is -0.134. The maximum Gasteiger partial charge on any atom is 0.315 e. The second-order valence-corrected chi connectivity index (χ2v) is 14.5. The van der Waals surface area contributed by atoms with E-state index in [4.69, 9.17) is 18.9 Å². The number of carbonyl (C=O) groups excluding carboxylic acids is 6. The zero-order valence-electron chi connectivity index (χ0n) is 31.2. The van der Waals surface area contributed by atoms with Crippen LogP contribution >= 0.6 is 11.8 Å². The SMILES string of the molecule is Cc1ccc(C(=O)NCCOCCOCCOCCOCCCC(=O)CCCC[C@@H]2SC[C@@H]3NC(=O)N[C@@H]32)cc1NC(=O)C(=O)CC(=O)c1ccc(F)cc1. The minimum absolute atomic E-state index is 0.0699. The Kier molecular flexibility index (Phi) is 18.7. The van der Waals surface area contributed by atoms with Crippen molar-refractivity contribution in [2.24, 2.45) is 0 Å². The van der Waals surface area contributed by atoms with Gasteiger partial charge >= 0.3 is 6.03 Å². The zero-order valence-corrected chi connectivity index (χ0v) is 32.0. The van der Waals surface area contributed by atoms with Crippen LogP contribution in [0.1, 0.15) is 71.2 Å². The molecule has 2 heterocycles. The first kappa shape index (κ1) is 43.5. The van der Waals surface area contributed by atoms with Crippen molar-refractivity contribution in [2.75, 3.05) is 70.5 Å². The first-order valence-electron chi connectivity index (χ1n) is 18.6. The summed E-state index contributed by atoms with van der Waals surface area (Å²) in [6.07, 6.45) is 3.98. The highest BCUT2D eigenvalue weighted by Gasteiger charge is 2.42. The topological polar surface area (TPSA) is 187 Å². The number of ketones is 3. The lowest BCUT2D eigenvalue weighted by Crippen LogP contribution is -2.36. The van der Waals surface area contributed by atoms with Crippen LogP contribution in [-0.2, 0) is 33.3 Å². The average molecular weight is 787 g/mol. The van der Waals surface area contributed by atoms with Crippen molar-refractivity contribution in [1.29, 1.82) is 0 Å². The van der Waals surface area contributed by atoms with Crippen LogP contribution in [0.4, 0.5) is 14.9 Å². The Hall–Kier alpha value is -4.22. The highest BCUT2D eigenvalue weighted by atomic mass is 32.2. The van der Waals surface area contributed by atoms with E-state index in [-0.39, 0.29) is 53.9 Å². The molecule has 4 rings (SSSR count). The number of halogens is 1. The predicted molar refractivity (Wildman–Crippen MR) is 204 cm³/mol. The second kappa shape index (κ2) is 23.6. The van der Waals surface area contributed by atoms with Crippen molar-refractivity contribution in [3.8, 4) is 0 Å². The number of hydrogen-bond acceptors (Lipinski definition) is 11. The molecule has 0 aliphatic carbocycles. The number of carbonyl (C=O) groups is 6. The second-order valence-electron chi connectivity index (χ2n) is 13.2. The van der Waals surface area contributed by atoms with E-state index in [2.05, 4.69) is 21.3 Å². The molecule has 4 N–H and O–H groups in total. The van der Waals surface area contributed by atoms with Crippen molar-refractivity contribution in [3.05, 3.63) is 65.0 Å². The number of aryl methyl sites for hydroxylation is 1. The molecule has 14 nitrogen and oxygen atoms in total. The van der Waals surface area contributed by atoms with E-state index in [0.717, 1.165) is 37.1 Å². The Morgan fingerprint density at radius 2 is 1.44 bits per heavy atom. The van der Waals surface area contributed by atoms with E-state index in [1.54, 1.807) is 19.1 Å². The van der Waals surface area contributed by atoms with E-state index in [1.165, 1.54) is 18.2 Å². The summed E-state index contributed by atoms with van der Waals surface area (Å²) in [5.74, 6) is -2.29. The number of thioether (sulfide) groups is 1. The van der Waals surface area contributed by atoms with E-state index >= 15 is 0 Å². The number of anilines is 1. The van der Waals surface area contributed by atoms with Gasteiger partial charge in [-0.2, -0.15) is 11.8 Å². The van der Waals surface area contributed by atoms with Crippen molar-refractivity contribution >= 4 is 52.6 Å². The first-order chi connectivity index (χ1) is 26.6. The summed E-state index contributed by atoms with van der Waals surface area (Å²) in [6, 6.07) is 9.71. The Morgan fingerprint density at radius 1 is 0.800 bits per heavy atom. The van der Waals surface area contributed by atoms with Crippen LogP contribution in [0.15, 0.2) is 42.5 Å². The normalized spacial score (nSPS) is 17.3. The molecule has 0 saturated carbocycles. The molecular weight excluding hydrogens is 736 g/mol. The average Bonchev–Trinajstić information content (AvgIpc) is 3.72. The fourth-order valence-electron chi connectivity index (χ4n) is 5.96. The number of fused-ring (bicyclic) bond motifs is 1. The van der Waals surface area contributed by atoms with Gasteiger partial charge in [0.05, 0.1) is 64.8 Å². The van der Waals surface area contributed by atoms with Crippen LogP contribution in [-0.4, -0.2) is 118 Å². The van der Waals surface area contributed by atoms with Gasteiger partial charge < -0.3 is 40.2 Å². The summed E-state index contributed by atoms with van der Waals surface area (Å²) in [4.78, 5) is 73.4. The van der Waals surface area contributed by atoms with Gasteiger partial charge in [-0.25, -0.2) is 9.18 Å². The molecule has 0 radical (unpaired) electrons. The molecule has 0 spiro atoms. The van der Waals surface area contributed by atoms with Gasteiger partial charge in [0.15, 0.2) is 5.78 Å². The van der Waals surface area contributed by atoms with Crippen molar-refractivity contribution in [2.45, 2.75) is 69.2 Å². The number of ether oxygens (including phenoxy) is 4. The molecule has 4 amide bonds. The molecule has 3 atom stereocenters. The van der Waals surface area contributed by atoms with E-state index in [0.29, 0.717) is 76.3 Å². The number of benzene rings is 2. The van der Waals surface area contributed by atoms with E-state index in [9.17, 15) is 33.2 Å². The number of nitrogens with one attached hydrogen (secondary N) is 4. The predicted octanol–water partition coefficient (Wildman–Crippen LogP) is 3.79. The van der Waals surface area contributed by atoms with Gasteiger partial charge in [-0.3, -0.25) is 24.0 Å². The van der Waals surface area contributed by atoms with Crippen molar-refractivity contribution in [3.63, 3.8) is 0 Å². The number of rotatable bonds is 27. The van der Waals surface area contributed by atoms with E-state index in [1.807, 2.05) is 11.8 Å². The fourth-order valence-corrected chi connectivity index (χ4v) is 7.51. The van der Waals surface area contributed by atoms with Crippen molar-refractivity contribution < 1.29 is 52.1 Å². The van der Waals surface area contributed by atoms with Gasteiger partial charge in [0.25, 0.3) is 11.8 Å². The lowest BCUT2D eigenvalue weighted by atomic mass is 10.0. The van der Waals surface area contributed by atoms with Gasteiger partial charge in [0.1, 0.15) is 11.6 Å². The maximum atomic E-state index is 13.1.